The number of nitrogens with zero attached hydrogens (tertiary/aromatic N) is 1. The maximum absolute atomic E-state index is 11.7. The summed E-state index contributed by atoms with van der Waals surface area (Å²) in [5, 5.41) is 0. The molecule has 1 aliphatic heterocycles. The topological polar surface area (TPSA) is 20.3 Å². The van der Waals surface area contributed by atoms with E-state index in [2.05, 4.69) is 24.0 Å². The summed E-state index contributed by atoms with van der Waals surface area (Å²) in [6, 6.07) is -0.0197. The molecule has 2 nitrogen and oxygen atoms in total. The minimum Gasteiger partial charge on any atom is -0.298 e. The highest BCUT2D eigenvalue weighted by Gasteiger charge is 2.23. The van der Waals surface area contributed by atoms with Gasteiger partial charge in [-0.15, -0.1) is 0 Å². The second kappa shape index (κ2) is 4.56. The average molecular weight is 193 g/mol. The summed E-state index contributed by atoms with van der Waals surface area (Å²) in [4.78, 5) is 13.8. The summed E-state index contributed by atoms with van der Waals surface area (Å²) >= 11 is 0. The Hall–Kier alpha value is -0.890. The Labute approximate surface area is 86.3 Å². The molecule has 0 N–H and O–H groups in total. The van der Waals surface area contributed by atoms with E-state index in [0.717, 1.165) is 12.1 Å². The highest BCUT2D eigenvalue weighted by Crippen LogP contribution is 2.17. The zero-order valence-corrected chi connectivity index (χ0v) is 9.50. The number of hydrogen-bond acceptors (Lipinski definition) is 2. The summed E-state index contributed by atoms with van der Waals surface area (Å²) in [6.07, 6.45) is 4.88. The summed E-state index contributed by atoms with van der Waals surface area (Å²) < 4.78 is 0. The van der Waals surface area contributed by atoms with Gasteiger partial charge in [0, 0.05) is 13.0 Å². The molecule has 1 unspecified atom stereocenters. The molecule has 0 aromatic carbocycles. The standard InChI is InChI=1S/C12H19NO/c1-5-11(14)12-10(3)8-9(2)6-7-13(12)4/h6,8,12H,5,7H2,1-4H3. The number of carbonyl (C=O) groups excluding carboxylic acids is 1. The van der Waals surface area contributed by atoms with Gasteiger partial charge >= 0.3 is 0 Å². The molecule has 0 bridgehead atoms. The van der Waals surface area contributed by atoms with E-state index in [1.165, 1.54) is 5.57 Å². The normalized spacial score (nSPS) is 23.9. The van der Waals surface area contributed by atoms with Gasteiger partial charge in [-0.05, 0) is 26.5 Å². The molecule has 0 amide bonds. The van der Waals surface area contributed by atoms with Gasteiger partial charge in [-0.1, -0.05) is 24.6 Å². The zero-order chi connectivity index (χ0) is 10.7. The molecular formula is C12H19NO. The van der Waals surface area contributed by atoms with E-state index in [4.69, 9.17) is 0 Å². The first-order valence-corrected chi connectivity index (χ1v) is 5.14. The van der Waals surface area contributed by atoms with Gasteiger partial charge in [-0.25, -0.2) is 0 Å². The van der Waals surface area contributed by atoms with Crippen molar-refractivity contribution in [2.24, 2.45) is 0 Å². The van der Waals surface area contributed by atoms with Gasteiger partial charge in [0.1, 0.15) is 0 Å². The van der Waals surface area contributed by atoms with E-state index in [0.29, 0.717) is 12.2 Å². The van der Waals surface area contributed by atoms with Crippen LogP contribution in [0.1, 0.15) is 27.2 Å². The molecule has 1 heterocycles. The minimum atomic E-state index is -0.0197. The zero-order valence-electron chi connectivity index (χ0n) is 9.50. The molecule has 0 aromatic rings. The minimum absolute atomic E-state index is 0.0197. The molecule has 0 spiro atoms. The van der Waals surface area contributed by atoms with Crippen LogP contribution >= 0.6 is 0 Å². The molecule has 0 aromatic heterocycles. The van der Waals surface area contributed by atoms with Crippen molar-refractivity contribution in [2.45, 2.75) is 33.2 Å². The first-order valence-electron chi connectivity index (χ1n) is 5.14. The predicted octanol–water partition coefficient (Wildman–Crippen LogP) is 2.17. The van der Waals surface area contributed by atoms with Crippen molar-refractivity contribution in [1.29, 1.82) is 0 Å². The van der Waals surface area contributed by atoms with Crippen LogP contribution in [-0.2, 0) is 4.79 Å². The van der Waals surface area contributed by atoms with Gasteiger partial charge in [-0.3, -0.25) is 9.69 Å². The molecule has 0 fully saturated rings. The van der Waals surface area contributed by atoms with Crippen molar-refractivity contribution in [3.8, 4) is 0 Å². The van der Waals surface area contributed by atoms with Gasteiger partial charge in [0.15, 0.2) is 5.78 Å². The molecule has 1 atom stereocenters. The van der Waals surface area contributed by atoms with Gasteiger partial charge < -0.3 is 0 Å². The van der Waals surface area contributed by atoms with Gasteiger partial charge in [-0.2, -0.15) is 0 Å². The van der Waals surface area contributed by atoms with Crippen LogP contribution in [0.15, 0.2) is 23.3 Å². The Bertz CT molecular complexity index is 289. The van der Waals surface area contributed by atoms with E-state index < -0.39 is 0 Å². The van der Waals surface area contributed by atoms with E-state index in [-0.39, 0.29) is 6.04 Å². The van der Waals surface area contributed by atoms with E-state index in [1.54, 1.807) is 0 Å². The highest BCUT2D eigenvalue weighted by atomic mass is 16.1. The number of allylic oxidation sites excluding steroid dienone is 2. The fourth-order valence-electron chi connectivity index (χ4n) is 1.93. The summed E-state index contributed by atoms with van der Waals surface area (Å²) in [5.74, 6) is 0.310. The Morgan fingerprint density at radius 2 is 2.21 bits per heavy atom. The van der Waals surface area contributed by atoms with E-state index >= 15 is 0 Å². The summed E-state index contributed by atoms with van der Waals surface area (Å²) in [5.41, 5.74) is 2.41. The fraction of sp³-hybridized carbons (Fsp3) is 0.583. The molecule has 14 heavy (non-hydrogen) atoms. The Morgan fingerprint density at radius 3 is 2.79 bits per heavy atom. The summed E-state index contributed by atoms with van der Waals surface area (Å²) in [7, 11) is 2.00. The van der Waals surface area contributed by atoms with Crippen LogP contribution in [-0.4, -0.2) is 30.3 Å². The quantitative estimate of drug-likeness (QED) is 0.670. The number of likely N-dealkylation sites (N-methyl/N-ethyl adjacent to an activating group) is 1. The van der Waals surface area contributed by atoms with Gasteiger partial charge in [0.2, 0.25) is 0 Å². The molecule has 0 saturated heterocycles. The Balaban J connectivity index is 2.94. The van der Waals surface area contributed by atoms with Crippen molar-refractivity contribution in [1.82, 2.24) is 4.90 Å². The maximum atomic E-state index is 11.7. The first kappa shape index (κ1) is 11.2. The van der Waals surface area contributed by atoms with Crippen LogP contribution < -0.4 is 0 Å². The maximum Gasteiger partial charge on any atom is 0.153 e. The molecule has 0 aliphatic carbocycles. The SMILES string of the molecule is CCC(=O)C1C(C)=CC(C)=CCN1C. The third kappa shape index (κ3) is 2.32. The Morgan fingerprint density at radius 1 is 1.57 bits per heavy atom. The van der Waals surface area contributed by atoms with Crippen molar-refractivity contribution < 1.29 is 4.79 Å². The third-order valence-electron chi connectivity index (χ3n) is 2.68. The number of rotatable bonds is 2. The molecule has 2 heteroatoms. The second-order valence-corrected chi connectivity index (χ2v) is 4.00. The largest absolute Gasteiger partial charge is 0.298 e. The molecule has 1 aliphatic rings. The van der Waals surface area contributed by atoms with Gasteiger partial charge in [0.05, 0.1) is 6.04 Å². The van der Waals surface area contributed by atoms with E-state index in [9.17, 15) is 4.79 Å². The number of ketones is 1. The van der Waals surface area contributed by atoms with Crippen molar-refractivity contribution >= 4 is 5.78 Å². The van der Waals surface area contributed by atoms with Crippen LogP contribution in [0, 0.1) is 0 Å². The first-order chi connectivity index (χ1) is 6.56. The molecule has 78 valence electrons. The lowest BCUT2D eigenvalue weighted by Gasteiger charge is -2.25. The highest BCUT2D eigenvalue weighted by molar-refractivity contribution is 5.86. The number of carbonyl (C=O) groups is 1. The van der Waals surface area contributed by atoms with Crippen LogP contribution in [0.2, 0.25) is 0 Å². The monoisotopic (exact) mass is 193 g/mol. The predicted molar refractivity (Wildman–Crippen MR) is 59.2 cm³/mol. The molecular weight excluding hydrogens is 174 g/mol. The van der Waals surface area contributed by atoms with Crippen LogP contribution in [0.25, 0.3) is 0 Å². The van der Waals surface area contributed by atoms with Crippen LogP contribution in [0.3, 0.4) is 0 Å². The lowest BCUT2D eigenvalue weighted by Crippen LogP contribution is -2.38. The number of Topliss-reactive ketones (excluding diaryl/α,β-unsaturated/α-hetero) is 1. The molecule has 1 rings (SSSR count). The third-order valence-corrected chi connectivity index (χ3v) is 2.68. The van der Waals surface area contributed by atoms with E-state index in [1.807, 2.05) is 20.9 Å². The lowest BCUT2D eigenvalue weighted by atomic mass is 10.0. The lowest BCUT2D eigenvalue weighted by molar-refractivity contribution is -0.122. The smallest absolute Gasteiger partial charge is 0.153 e. The fourth-order valence-corrected chi connectivity index (χ4v) is 1.93. The number of hydrogen-bond donors (Lipinski definition) is 0. The average Bonchev–Trinajstić information content (AvgIpc) is 2.25. The van der Waals surface area contributed by atoms with Crippen molar-refractivity contribution in [2.75, 3.05) is 13.6 Å². The van der Waals surface area contributed by atoms with Crippen LogP contribution in [0.5, 0.6) is 0 Å². The Kier molecular flexibility index (Phi) is 3.64. The van der Waals surface area contributed by atoms with Gasteiger partial charge in [0.25, 0.3) is 0 Å². The van der Waals surface area contributed by atoms with Crippen molar-refractivity contribution in [3.05, 3.63) is 23.3 Å². The summed E-state index contributed by atoms with van der Waals surface area (Å²) in [6.45, 7) is 6.90. The van der Waals surface area contributed by atoms with Crippen molar-refractivity contribution in [3.63, 3.8) is 0 Å². The molecule has 0 radical (unpaired) electrons. The van der Waals surface area contributed by atoms with Crippen LogP contribution in [0.4, 0.5) is 0 Å². The second-order valence-electron chi connectivity index (χ2n) is 4.00. The molecule has 0 saturated carbocycles.